The fourth-order valence-corrected chi connectivity index (χ4v) is 3.34. The lowest BCUT2D eigenvalue weighted by Gasteiger charge is -2.11. The van der Waals surface area contributed by atoms with Gasteiger partial charge in [0.25, 0.3) is 0 Å². The van der Waals surface area contributed by atoms with Crippen molar-refractivity contribution in [3.8, 4) is 0 Å². The minimum Gasteiger partial charge on any atom is -0.268 e. The van der Waals surface area contributed by atoms with Crippen LogP contribution >= 0.6 is 0 Å². The maximum Gasteiger partial charge on any atom is 0.240 e. The highest BCUT2D eigenvalue weighted by Gasteiger charge is 2.13. The third kappa shape index (κ3) is 3.85. The molecule has 0 atom stereocenters. The molecule has 1 heterocycles. The van der Waals surface area contributed by atoms with Gasteiger partial charge in [0.05, 0.1) is 11.4 Å². The molecule has 0 aliphatic heterocycles. The predicted molar refractivity (Wildman–Crippen MR) is 88.2 cm³/mol. The van der Waals surface area contributed by atoms with Crippen molar-refractivity contribution in [1.82, 2.24) is 14.5 Å². The Morgan fingerprint density at radius 1 is 0.913 bits per heavy atom. The summed E-state index contributed by atoms with van der Waals surface area (Å²) in [5.41, 5.74) is 1.97. The van der Waals surface area contributed by atoms with Crippen LogP contribution in [0.25, 0.3) is 0 Å². The van der Waals surface area contributed by atoms with Gasteiger partial charge < -0.3 is 0 Å². The van der Waals surface area contributed by atoms with E-state index in [1.165, 1.54) is 0 Å². The van der Waals surface area contributed by atoms with Gasteiger partial charge in [0.1, 0.15) is 0 Å². The van der Waals surface area contributed by atoms with Crippen LogP contribution in [-0.4, -0.2) is 18.2 Å². The van der Waals surface area contributed by atoms with E-state index in [1.807, 2.05) is 41.2 Å². The molecular weight excluding hydrogens is 310 g/mol. The largest absolute Gasteiger partial charge is 0.268 e. The first kappa shape index (κ1) is 15.5. The Bertz CT molecular complexity index is 860. The minimum atomic E-state index is -3.51. The molecule has 0 spiro atoms. The van der Waals surface area contributed by atoms with Gasteiger partial charge in [-0.3, -0.25) is 4.68 Å². The number of aromatic nitrogens is 2. The predicted octanol–water partition coefficient (Wildman–Crippen LogP) is 2.41. The number of nitrogens with one attached hydrogen (secondary N) is 1. The molecule has 3 rings (SSSR count). The van der Waals surface area contributed by atoms with Gasteiger partial charge in [0.15, 0.2) is 0 Å². The number of benzene rings is 2. The molecule has 5 nitrogen and oxygen atoms in total. The number of sulfonamides is 1. The third-order valence-corrected chi connectivity index (χ3v) is 4.93. The van der Waals surface area contributed by atoms with Crippen LogP contribution in [0.2, 0.25) is 0 Å². The maximum absolute atomic E-state index is 12.3. The van der Waals surface area contributed by atoms with Gasteiger partial charge in [-0.05, 0) is 29.3 Å². The first-order chi connectivity index (χ1) is 11.1. The molecule has 0 saturated heterocycles. The first-order valence-electron chi connectivity index (χ1n) is 7.24. The summed E-state index contributed by atoms with van der Waals surface area (Å²) in [7, 11) is -3.51. The lowest BCUT2D eigenvalue weighted by molar-refractivity contribution is 0.580. The monoisotopic (exact) mass is 327 g/mol. The van der Waals surface area contributed by atoms with E-state index in [2.05, 4.69) is 9.82 Å². The van der Waals surface area contributed by atoms with E-state index in [1.54, 1.807) is 36.5 Å². The van der Waals surface area contributed by atoms with Crippen molar-refractivity contribution >= 4 is 10.0 Å². The highest BCUT2D eigenvalue weighted by atomic mass is 32.2. The summed E-state index contributed by atoms with van der Waals surface area (Å²) in [4.78, 5) is 0.268. The second-order valence-electron chi connectivity index (χ2n) is 5.11. The smallest absolute Gasteiger partial charge is 0.240 e. The molecule has 0 unspecified atom stereocenters. The van der Waals surface area contributed by atoms with E-state index in [9.17, 15) is 8.42 Å². The molecule has 6 heteroatoms. The Kier molecular flexibility index (Phi) is 4.55. The molecule has 0 fully saturated rings. The van der Waals surface area contributed by atoms with Crippen LogP contribution < -0.4 is 4.72 Å². The molecule has 0 bridgehead atoms. The third-order valence-electron chi connectivity index (χ3n) is 3.52. The van der Waals surface area contributed by atoms with Crippen LogP contribution in [0.1, 0.15) is 11.1 Å². The molecule has 0 saturated carbocycles. The number of rotatable bonds is 6. The molecule has 0 amide bonds. The summed E-state index contributed by atoms with van der Waals surface area (Å²) in [6, 6.07) is 18.0. The SMILES string of the molecule is O=S(=O)(NCc1ccccc1Cn1cccn1)c1ccccc1. The van der Waals surface area contributed by atoms with E-state index in [-0.39, 0.29) is 11.4 Å². The summed E-state index contributed by atoms with van der Waals surface area (Å²) in [6.45, 7) is 0.852. The zero-order valence-corrected chi connectivity index (χ0v) is 13.3. The standard InChI is InChI=1S/C17H17N3O2S/c21-23(22,17-9-2-1-3-10-17)19-13-15-7-4-5-8-16(15)14-20-12-6-11-18-20/h1-12,19H,13-14H2. The Morgan fingerprint density at radius 2 is 1.61 bits per heavy atom. The van der Waals surface area contributed by atoms with Crippen molar-refractivity contribution in [3.05, 3.63) is 84.2 Å². The zero-order chi connectivity index (χ0) is 16.1. The highest BCUT2D eigenvalue weighted by Crippen LogP contribution is 2.13. The van der Waals surface area contributed by atoms with Gasteiger partial charge in [-0.25, -0.2) is 13.1 Å². The Labute approximate surface area is 135 Å². The normalized spacial score (nSPS) is 11.5. The lowest BCUT2D eigenvalue weighted by Crippen LogP contribution is -2.24. The van der Waals surface area contributed by atoms with Gasteiger partial charge in [-0.15, -0.1) is 0 Å². The molecule has 23 heavy (non-hydrogen) atoms. The maximum atomic E-state index is 12.3. The van der Waals surface area contributed by atoms with E-state index in [0.29, 0.717) is 6.54 Å². The molecule has 0 radical (unpaired) electrons. The summed E-state index contributed by atoms with van der Waals surface area (Å²) in [5.74, 6) is 0. The molecule has 1 aromatic heterocycles. The van der Waals surface area contributed by atoms with E-state index < -0.39 is 10.0 Å². The Balaban J connectivity index is 1.76. The van der Waals surface area contributed by atoms with Gasteiger partial charge in [-0.1, -0.05) is 42.5 Å². The van der Waals surface area contributed by atoms with Gasteiger partial charge >= 0.3 is 0 Å². The van der Waals surface area contributed by atoms with Gasteiger partial charge in [0.2, 0.25) is 10.0 Å². The van der Waals surface area contributed by atoms with Crippen LogP contribution in [-0.2, 0) is 23.1 Å². The quantitative estimate of drug-likeness (QED) is 0.756. The number of nitrogens with zero attached hydrogens (tertiary/aromatic N) is 2. The van der Waals surface area contributed by atoms with Crippen LogP contribution in [0.3, 0.4) is 0 Å². The van der Waals surface area contributed by atoms with E-state index in [0.717, 1.165) is 11.1 Å². The van der Waals surface area contributed by atoms with Crippen molar-refractivity contribution < 1.29 is 8.42 Å². The molecule has 1 N–H and O–H groups in total. The van der Waals surface area contributed by atoms with E-state index in [4.69, 9.17) is 0 Å². The topological polar surface area (TPSA) is 64.0 Å². The van der Waals surface area contributed by atoms with Gasteiger partial charge in [-0.2, -0.15) is 5.10 Å². The van der Waals surface area contributed by atoms with Crippen LogP contribution in [0.5, 0.6) is 0 Å². The molecule has 0 aliphatic carbocycles. The summed E-state index contributed by atoms with van der Waals surface area (Å²) in [5, 5.41) is 4.19. The molecule has 0 aliphatic rings. The summed E-state index contributed by atoms with van der Waals surface area (Å²) in [6.07, 6.45) is 3.60. The minimum absolute atomic E-state index is 0.245. The Morgan fingerprint density at radius 3 is 2.30 bits per heavy atom. The average Bonchev–Trinajstić information content (AvgIpc) is 3.08. The van der Waals surface area contributed by atoms with Crippen LogP contribution in [0, 0.1) is 0 Å². The first-order valence-corrected chi connectivity index (χ1v) is 8.72. The van der Waals surface area contributed by atoms with Crippen LogP contribution in [0.4, 0.5) is 0 Å². The summed E-state index contributed by atoms with van der Waals surface area (Å²) >= 11 is 0. The molecule has 118 valence electrons. The van der Waals surface area contributed by atoms with Crippen molar-refractivity contribution in [3.63, 3.8) is 0 Å². The second kappa shape index (κ2) is 6.76. The van der Waals surface area contributed by atoms with E-state index >= 15 is 0 Å². The lowest BCUT2D eigenvalue weighted by atomic mass is 10.1. The van der Waals surface area contributed by atoms with Crippen molar-refractivity contribution in [2.45, 2.75) is 18.0 Å². The Hall–Kier alpha value is -2.44. The fraction of sp³-hybridized carbons (Fsp3) is 0.118. The van der Waals surface area contributed by atoms with Crippen molar-refractivity contribution in [1.29, 1.82) is 0 Å². The van der Waals surface area contributed by atoms with Gasteiger partial charge in [0, 0.05) is 18.9 Å². The average molecular weight is 327 g/mol. The second-order valence-corrected chi connectivity index (χ2v) is 6.88. The van der Waals surface area contributed by atoms with Crippen molar-refractivity contribution in [2.75, 3.05) is 0 Å². The zero-order valence-electron chi connectivity index (χ0n) is 12.5. The molecule has 3 aromatic rings. The molecular formula is C17H17N3O2S. The number of hydrogen-bond donors (Lipinski definition) is 1. The van der Waals surface area contributed by atoms with Crippen molar-refractivity contribution in [2.24, 2.45) is 0 Å². The highest BCUT2D eigenvalue weighted by molar-refractivity contribution is 7.89. The fourth-order valence-electron chi connectivity index (χ4n) is 2.31. The van der Waals surface area contributed by atoms with Crippen LogP contribution in [0.15, 0.2) is 78.0 Å². The number of hydrogen-bond acceptors (Lipinski definition) is 3. The molecule has 2 aromatic carbocycles. The summed E-state index contributed by atoms with van der Waals surface area (Å²) < 4.78 is 29.1.